The Morgan fingerprint density at radius 3 is 2.62 bits per heavy atom. The van der Waals surface area contributed by atoms with Crippen LogP contribution in [-0.4, -0.2) is 4.98 Å². The zero-order chi connectivity index (χ0) is 11.7. The molecule has 16 heavy (non-hydrogen) atoms. The van der Waals surface area contributed by atoms with Gasteiger partial charge in [-0.15, -0.1) is 0 Å². The lowest BCUT2D eigenvalue weighted by molar-refractivity contribution is 0.628. The van der Waals surface area contributed by atoms with Crippen LogP contribution >= 0.6 is 0 Å². The van der Waals surface area contributed by atoms with Crippen molar-refractivity contribution in [3.05, 3.63) is 32.7 Å². The predicted octanol–water partition coefficient (Wildman–Crippen LogP) is 1.52. The molecule has 1 aliphatic carbocycles. The zero-order valence-electron chi connectivity index (χ0n) is 10.1. The molecule has 0 bridgehead atoms. The van der Waals surface area contributed by atoms with E-state index in [0.29, 0.717) is 12.5 Å². The molecule has 0 atom stereocenters. The van der Waals surface area contributed by atoms with Crippen molar-refractivity contribution in [2.75, 3.05) is 0 Å². The number of fused-ring (bicyclic) bond motifs is 1. The van der Waals surface area contributed by atoms with Crippen molar-refractivity contribution in [1.29, 1.82) is 0 Å². The average Bonchev–Trinajstić information content (AvgIpc) is 2.66. The van der Waals surface area contributed by atoms with Gasteiger partial charge < -0.3 is 10.7 Å². The molecule has 1 aromatic heterocycles. The first-order chi connectivity index (χ1) is 7.63. The minimum atomic E-state index is 0.0267. The summed E-state index contributed by atoms with van der Waals surface area (Å²) in [7, 11) is 0. The number of hydrogen-bond donors (Lipinski definition) is 2. The van der Waals surface area contributed by atoms with Crippen LogP contribution in [0.5, 0.6) is 0 Å². The Morgan fingerprint density at radius 1 is 1.31 bits per heavy atom. The highest BCUT2D eigenvalue weighted by molar-refractivity contribution is 5.40. The molecule has 0 aromatic carbocycles. The Bertz CT molecular complexity index is 446. The van der Waals surface area contributed by atoms with Crippen LogP contribution in [0.15, 0.2) is 4.79 Å². The fourth-order valence-electron chi connectivity index (χ4n) is 2.63. The van der Waals surface area contributed by atoms with E-state index < -0.39 is 0 Å². The van der Waals surface area contributed by atoms with Crippen molar-refractivity contribution in [1.82, 2.24) is 4.98 Å². The first-order valence-electron chi connectivity index (χ1n) is 6.09. The summed E-state index contributed by atoms with van der Waals surface area (Å²) >= 11 is 0. The van der Waals surface area contributed by atoms with Gasteiger partial charge in [-0.3, -0.25) is 4.79 Å². The van der Waals surface area contributed by atoms with E-state index >= 15 is 0 Å². The molecule has 1 aliphatic rings. The molecule has 0 fully saturated rings. The highest BCUT2D eigenvalue weighted by Crippen LogP contribution is 2.26. The normalized spacial score (nSPS) is 14.5. The molecule has 0 radical (unpaired) electrons. The summed E-state index contributed by atoms with van der Waals surface area (Å²) in [5.74, 6) is 0.573. The van der Waals surface area contributed by atoms with Crippen LogP contribution < -0.4 is 11.3 Å². The van der Waals surface area contributed by atoms with E-state index in [1.54, 1.807) is 0 Å². The van der Waals surface area contributed by atoms with Crippen molar-refractivity contribution >= 4 is 0 Å². The van der Waals surface area contributed by atoms with E-state index in [-0.39, 0.29) is 5.56 Å². The quantitative estimate of drug-likeness (QED) is 0.811. The van der Waals surface area contributed by atoms with Crippen LogP contribution in [0, 0.1) is 5.92 Å². The van der Waals surface area contributed by atoms with E-state index in [0.717, 1.165) is 36.9 Å². The summed E-state index contributed by atoms with van der Waals surface area (Å²) in [5.41, 5.74) is 10.2. The molecule has 88 valence electrons. The van der Waals surface area contributed by atoms with Crippen LogP contribution in [0.25, 0.3) is 0 Å². The average molecular weight is 220 g/mol. The van der Waals surface area contributed by atoms with Gasteiger partial charge in [0.2, 0.25) is 0 Å². The van der Waals surface area contributed by atoms with Gasteiger partial charge in [-0.25, -0.2) is 0 Å². The van der Waals surface area contributed by atoms with Crippen LogP contribution in [0.1, 0.15) is 42.7 Å². The van der Waals surface area contributed by atoms with Crippen LogP contribution in [-0.2, 0) is 25.8 Å². The van der Waals surface area contributed by atoms with Crippen molar-refractivity contribution < 1.29 is 0 Å². The summed E-state index contributed by atoms with van der Waals surface area (Å²) in [6, 6.07) is 0. The van der Waals surface area contributed by atoms with Gasteiger partial charge >= 0.3 is 0 Å². The molecular formula is C13H20N2O. The number of nitrogens with two attached hydrogens (primary N) is 1. The second kappa shape index (κ2) is 4.42. The first-order valence-corrected chi connectivity index (χ1v) is 6.09. The number of H-pyrrole nitrogens is 1. The van der Waals surface area contributed by atoms with Crippen molar-refractivity contribution in [2.24, 2.45) is 11.7 Å². The molecule has 0 spiro atoms. The van der Waals surface area contributed by atoms with E-state index in [9.17, 15) is 4.79 Å². The fourth-order valence-corrected chi connectivity index (χ4v) is 2.63. The Labute approximate surface area is 96.1 Å². The van der Waals surface area contributed by atoms with Gasteiger partial charge in [-0.05, 0) is 42.7 Å². The lowest BCUT2D eigenvalue weighted by atomic mass is 9.98. The maximum Gasteiger partial charge on any atom is 0.252 e. The van der Waals surface area contributed by atoms with Crippen LogP contribution in [0.3, 0.4) is 0 Å². The number of pyridine rings is 1. The number of aromatic nitrogens is 1. The lowest BCUT2D eigenvalue weighted by Crippen LogP contribution is -2.22. The number of aromatic amines is 1. The Morgan fingerprint density at radius 2 is 2.00 bits per heavy atom. The second-order valence-electron chi connectivity index (χ2n) is 5.02. The van der Waals surface area contributed by atoms with Gasteiger partial charge in [0, 0.05) is 17.8 Å². The number of rotatable bonds is 3. The minimum absolute atomic E-state index is 0.0267. The third-order valence-corrected chi connectivity index (χ3v) is 3.30. The molecule has 0 saturated heterocycles. The van der Waals surface area contributed by atoms with E-state index in [1.165, 1.54) is 11.1 Å². The summed E-state index contributed by atoms with van der Waals surface area (Å²) in [5, 5.41) is 0. The van der Waals surface area contributed by atoms with Gasteiger partial charge in [-0.2, -0.15) is 0 Å². The molecule has 3 N–H and O–H groups in total. The molecule has 0 aliphatic heterocycles. The third-order valence-electron chi connectivity index (χ3n) is 3.30. The fraction of sp³-hybridized carbons (Fsp3) is 0.615. The highest BCUT2D eigenvalue weighted by Gasteiger charge is 2.21. The lowest BCUT2D eigenvalue weighted by Gasteiger charge is -2.13. The molecule has 0 unspecified atom stereocenters. The Kier molecular flexibility index (Phi) is 3.15. The maximum atomic E-state index is 11.9. The van der Waals surface area contributed by atoms with Crippen LogP contribution in [0.2, 0.25) is 0 Å². The summed E-state index contributed by atoms with van der Waals surface area (Å²) in [6.45, 7) is 4.71. The predicted molar refractivity (Wildman–Crippen MR) is 65.5 cm³/mol. The molecule has 3 nitrogen and oxygen atoms in total. The summed E-state index contributed by atoms with van der Waals surface area (Å²) in [6.07, 6.45) is 4.24. The second-order valence-corrected chi connectivity index (χ2v) is 5.02. The van der Waals surface area contributed by atoms with Gasteiger partial charge in [0.1, 0.15) is 0 Å². The SMILES string of the molecule is CC(C)Cc1[nH]c(=O)c(CN)c2c1CCC2. The monoisotopic (exact) mass is 220 g/mol. The highest BCUT2D eigenvalue weighted by atomic mass is 16.1. The van der Waals surface area contributed by atoms with E-state index in [2.05, 4.69) is 18.8 Å². The minimum Gasteiger partial charge on any atom is -0.326 e. The van der Waals surface area contributed by atoms with Gasteiger partial charge in [0.25, 0.3) is 5.56 Å². The standard InChI is InChI=1S/C13H20N2O/c1-8(2)6-12-10-5-3-4-9(10)11(7-14)13(16)15-12/h8H,3-7,14H2,1-2H3,(H,15,16). The topological polar surface area (TPSA) is 58.9 Å². The molecule has 0 saturated carbocycles. The van der Waals surface area contributed by atoms with E-state index in [4.69, 9.17) is 5.73 Å². The third kappa shape index (κ3) is 1.92. The molecule has 1 aromatic rings. The number of nitrogens with one attached hydrogen (secondary N) is 1. The summed E-state index contributed by atoms with van der Waals surface area (Å²) in [4.78, 5) is 14.9. The molecule has 2 rings (SSSR count). The van der Waals surface area contributed by atoms with Gasteiger partial charge in [-0.1, -0.05) is 13.8 Å². The maximum absolute atomic E-state index is 11.9. The van der Waals surface area contributed by atoms with Crippen molar-refractivity contribution in [3.63, 3.8) is 0 Å². The largest absolute Gasteiger partial charge is 0.326 e. The Balaban J connectivity index is 2.53. The Hall–Kier alpha value is -1.09. The van der Waals surface area contributed by atoms with Crippen molar-refractivity contribution in [3.8, 4) is 0 Å². The van der Waals surface area contributed by atoms with Gasteiger partial charge in [0.05, 0.1) is 0 Å². The molecule has 3 heteroatoms. The number of hydrogen-bond acceptors (Lipinski definition) is 2. The van der Waals surface area contributed by atoms with Crippen LogP contribution in [0.4, 0.5) is 0 Å². The van der Waals surface area contributed by atoms with E-state index in [1.807, 2.05) is 0 Å². The smallest absolute Gasteiger partial charge is 0.252 e. The molecule has 1 heterocycles. The molecule has 0 amide bonds. The van der Waals surface area contributed by atoms with Crippen molar-refractivity contribution in [2.45, 2.75) is 46.1 Å². The first kappa shape index (κ1) is 11.4. The van der Waals surface area contributed by atoms with Gasteiger partial charge in [0.15, 0.2) is 0 Å². The molecular weight excluding hydrogens is 200 g/mol. The summed E-state index contributed by atoms with van der Waals surface area (Å²) < 4.78 is 0. The zero-order valence-corrected chi connectivity index (χ0v) is 10.1.